The average molecular weight is 602 g/mol. The Hall–Kier alpha value is -4.91. The lowest BCUT2D eigenvalue weighted by atomic mass is 9.92. The first-order chi connectivity index (χ1) is 19.9. The van der Waals surface area contributed by atoms with Gasteiger partial charge in [-0.2, -0.15) is 18.3 Å². The number of nitrogens with zero attached hydrogens (tertiary/aromatic N) is 3. The van der Waals surface area contributed by atoms with Crippen LogP contribution in [0, 0.1) is 17.5 Å². The number of halogens is 7. The van der Waals surface area contributed by atoms with Gasteiger partial charge in [-0.3, -0.25) is 9.59 Å². The van der Waals surface area contributed by atoms with Gasteiger partial charge in [0.05, 0.1) is 11.6 Å². The summed E-state index contributed by atoms with van der Waals surface area (Å²) in [5.74, 6) is -4.58. The summed E-state index contributed by atoms with van der Waals surface area (Å²) in [7, 11) is 0. The van der Waals surface area contributed by atoms with Gasteiger partial charge in [-0.05, 0) is 54.1 Å². The molecule has 0 spiro atoms. The summed E-state index contributed by atoms with van der Waals surface area (Å²) >= 11 is 6.30. The highest BCUT2D eigenvalue weighted by Gasteiger charge is 2.36. The van der Waals surface area contributed by atoms with Crippen LogP contribution >= 0.6 is 11.6 Å². The predicted octanol–water partition coefficient (Wildman–Crippen LogP) is 6.57. The van der Waals surface area contributed by atoms with Gasteiger partial charge < -0.3 is 10.6 Å². The minimum Gasteiger partial charge on any atom is -0.341 e. The number of anilines is 1. The molecule has 14 heteroatoms. The van der Waals surface area contributed by atoms with Crippen molar-refractivity contribution in [2.75, 3.05) is 5.32 Å². The molecule has 0 saturated carbocycles. The van der Waals surface area contributed by atoms with E-state index in [0.717, 1.165) is 18.2 Å². The third kappa shape index (κ3) is 4.81. The van der Waals surface area contributed by atoms with Gasteiger partial charge in [0.2, 0.25) is 0 Å². The Kier molecular flexibility index (Phi) is 6.41. The van der Waals surface area contributed by atoms with E-state index in [1.165, 1.54) is 35.2 Å². The lowest BCUT2D eigenvalue weighted by Gasteiger charge is -2.19. The fourth-order valence-corrected chi connectivity index (χ4v) is 5.02. The molecule has 1 aliphatic rings. The van der Waals surface area contributed by atoms with Crippen LogP contribution in [0.1, 0.15) is 43.4 Å². The number of carbonyl (C=O) groups is 2. The largest absolute Gasteiger partial charge is 0.416 e. The first-order valence-corrected chi connectivity index (χ1v) is 12.4. The van der Waals surface area contributed by atoms with Gasteiger partial charge in [-0.15, -0.1) is 0 Å². The number of benzene rings is 3. The van der Waals surface area contributed by atoms with Gasteiger partial charge in [0.15, 0.2) is 5.65 Å². The molecule has 0 saturated heterocycles. The van der Waals surface area contributed by atoms with Gasteiger partial charge in [0.1, 0.15) is 23.8 Å². The number of amides is 2. The smallest absolute Gasteiger partial charge is 0.341 e. The molecule has 6 rings (SSSR count). The predicted molar refractivity (Wildman–Crippen MR) is 138 cm³/mol. The summed E-state index contributed by atoms with van der Waals surface area (Å²) in [5, 5.41) is 9.09. The van der Waals surface area contributed by atoms with E-state index in [2.05, 4.69) is 20.7 Å². The van der Waals surface area contributed by atoms with Crippen molar-refractivity contribution in [1.82, 2.24) is 19.9 Å². The summed E-state index contributed by atoms with van der Waals surface area (Å²) in [6.45, 7) is 0. The Bertz CT molecular complexity index is 1940. The second kappa shape index (κ2) is 9.87. The molecule has 2 N–H and O–H groups in total. The summed E-state index contributed by atoms with van der Waals surface area (Å²) in [4.78, 5) is 30.3. The fraction of sp³-hybridized carbons (Fsp3) is 0.0714. The van der Waals surface area contributed by atoms with Crippen molar-refractivity contribution in [2.24, 2.45) is 0 Å². The second-order valence-corrected chi connectivity index (χ2v) is 9.74. The SMILES string of the molecule is O=C(Nc1cc(-c2cn3ncnc3cc2F)cc2c1[C@@H](c1cc(F)ccc1Cl)NC2=O)c1cc(F)cc(C(F)(F)F)c1. The molecule has 2 aromatic heterocycles. The van der Waals surface area contributed by atoms with Crippen molar-refractivity contribution in [3.05, 3.63) is 117 Å². The Morgan fingerprint density at radius 3 is 2.52 bits per heavy atom. The van der Waals surface area contributed by atoms with Crippen molar-refractivity contribution in [3.63, 3.8) is 0 Å². The standard InChI is InChI=1S/C28H14ClF6N5O2/c29-20-2-1-15(30)8-17(20)25-24-18(27(42)39-25)5-12(19-10-40-23(9-21(19)32)36-11-37-40)6-22(24)38-26(41)13-3-14(28(33,34)35)7-16(31)4-13/h1-11,25H,(H,38,41)(H,39,42)/t25-/m1/s1. The van der Waals surface area contributed by atoms with Crippen LogP contribution in [-0.2, 0) is 6.18 Å². The van der Waals surface area contributed by atoms with Crippen LogP contribution in [0.3, 0.4) is 0 Å². The number of hydrogen-bond acceptors (Lipinski definition) is 4. The third-order valence-electron chi connectivity index (χ3n) is 6.67. The molecule has 7 nitrogen and oxygen atoms in total. The minimum absolute atomic E-state index is 0.0542. The van der Waals surface area contributed by atoms with Crippen molar-refractivity contribution in [3.8, 4) is 11.1 Å². The molecule has 3 aromatic carbocycles. The topological polar surface area (TPSA) is 88.4 Å². The van der Waals surface area contributed by atoms with Crippen molar-refractivity contribution < 1.29 is 35.9 Å². The van der Waals surface area contributed by atoms with E-state index in [9.17, 15) is 31.5 Å². The van der Waals surface area contributed by atoms with Crippen LogP contribution in [0.15, 0.2) is 67.1 Å². The van der Waals surface area contributed by atoms with E-state index in [1.54, 1.807) is 0 Å². The van der Waals surface area contributed by atoms with Crippen LogP contribution in [0.2, 0.25) is 5.02 Å². The molecule has 0 bridgehead atoms. The Labute approximate surface area is 236 Å². The van der Waals surface area contributed by atoms with Gasteiger partial charge in [-0.1, -0.05) is 11.6 Å². The maximum Gasteiger partial charge on any atom is 0.416 e. The zero-order chi connectivity index (χ0) is 29.9. The molecule has 5 aromatic rings. The zero-order valence-corrected chi connectivity index (χ0v) is 21.5. The fourth-order valence-electron chi connectivity index (χ4n) is 4.79. The molecule has 0 unspecified atom stereocenters. The quantitative estimate of drug-likeness (QED) is 0.228. The summed E-state index contributed by atoms with van der Waals surface area (Å²) < 4.78 is 84.6. The number of carbonyl (C=O) groups excluding carboxylic acids is 2. The van der Waals surface area contributed by atoms with Gasteiger partial charge >= 0.3 is 6.18 Å². The normalized spacial score (nSPS) is 14.6. The Balaban J connectivity index is 1.53. The number of aromatic nitrogens is 3. The van der Waals surface area contributed by atoms with Crippen LogP contribution in [0.5, 0.6) is 0 Å². The molecular weight excluding hydrogens is 588 g/mol. The van der Waals surface area contributed by atoms with Crippen molar-refractivity contribution in [2.45, 2.75) is 12.2 Å². The highest BCUT2D eigenvalue weighted by atomic mass is 35.5. The summed E-state index contributed by atoms with van der Waals surface area (Å²) in [6, 6.07) is 7.34. The molecule has 2 amide bonds. The molecule has 42 heavy (non-hydrogen) atoms. The van der Waals surface area contributed by atoms with E-state index in [1.807, 2.05) is 0 Å². The van der Waals surface area contributed by atoms with E-state index < -0.39 is 52.6 Å². The molecule has 0 radical (unpaired) electrons. The van der Waals surface area contributed by atoms with Gasteiger partial charge in [0, 0.05) is 50.8 Å². The van der Waals surface area contributed by atoms with Crippen molar-refractivity contribution >= 4 is 34.7 Å². The van der Waals surface area contributed by atoms with Gasteiger partial charge in [0.25, 0.3) is 11.8 Å². The first kappa shape index (κ1) is 27.3. The molecule has 3 heterocycles. The maximum atomic E-state index is 15.2. The summed E-state index contributed by atoms with van der Waals surface area (Å²) in [6.07, 6.45) is -2.45. The highest BCUT2D eigenvalue weighted by Crippen LogP contribution is 2.42. The van der Waals surface area contributed by atoms with E-state index >= 15 is 4.39 Å². The molecule has 0 fully saturated rings. The van der Waals surface area contributed by atoms with Gasteiger partial charge in [-0.25, -0.2) is 22.7 Å². The molecular formula is C28H14ClF6N5O2. The highest BCUT2D eigenvalue weighted by molar-refractivity contribution is 6.31. The van der Waals surface area contributed by atoms with Crippen molar-refractivity contribution in [1.29, 1.82) is 0 Å². The maximum absolute atomic E-state index is 15.2. The van der Waals surface area contributed by atoms with Crippen LogP contribution < -0.4 is 10.6 Å². The molecule has 0 aliphatic carbocycles. The van der Waals surface area contributed by atoms with Crippen LogP contribution in [0.4, 0.5) is 32.0 Å². The number of nitrogens with one attached hydrogen (secondary N) is 2. The Morgan fingerprint density at radius 2 is 1.76 bits per heavy atom. The number of hydrogen-bond donors (Lipinski definition) is 2. The van der Waals surface area contributed by atoms with E-state index in [4.69, 9.17) is 11.6 Å². The molecule has 212 valence electrons. The zero-order valence-electron chi connectivity index (χ0n) is 20.7. The van der Waals surface area contributed by atoms with E-state index in [0.29, 0.717) is 12.1 Å². The number of pyridine rings is 1. The minimum atomic E-state index is -4.94. The lowest BCUT2D eigenvalue weighted by Crippen LogP contribution is -2.21. The monoisotopic (exact) mass is 601 g/mol. The van der Waals surface area contributed by atoms with Crippen LogP contribution in [-0.4, -0.2) is 26.4 Å². The summed E-state index contributed by atoms with van der Waals surface area (Å²) in [5.41, 5.74) is -1.85. The third-order valence-corrected chi connectivity index (χ3v) is 7.01. The van der Waals surface area contributed by atoms with Crippen LogP contribution in [0.25, 0.3) is 16.8 Å². The molecule has 1 atom stereocenters. The average Bonchev–Trinajstić information content (AvgIpc) is 3.52. The Morgan fingerprint density at radius 1 is 0.976 bits per heavy atom. The molecule has 1 aliphatic heterocycles. The lowest BCUT2D eigenvalue weighted by molar-refractivity contribution is -0.137. The van der Waals surface area contributed by atoms with E-state index in [-0.39, 0.29) is 50.2 Å². The second-order valence-electron chi connectivity index (χ2n) is 9.34. The number of fused-ring (bicyclic) bond motifs is 2. The number of alkyl halides is 3. The first-order valence-electron chi connectivity index (χ1n) is 12.0. The number of rotatable bonds is 4.